The minimum atomic E-state index is 0.293. The van der Waals surface area contributed by atoms with Gasteiger partial charge in [0, 0.05) is 26.1 Å². The number of carbonyl (C=O) groups excluding carboxylic acids is 1. The Kier molecular flexibility index (Phi) is 4.97. The van der Waals surface area contributed by atoms with Gasteiger partial charge in [0.1, 0.15) is 0 Å². The molecule has 0 bridgehead atoms. The molecule has 3 nitrogen and oxygen atoms in total. The predicted octanol–water partition coefficient (Wildman–Crippen LogP) is 2.30. The number of rotatable bonds is 5. The van der Waals surface area contributed by atoms with E-state index in [9.17, 15) is 4.79 Å². The van der Waals surface area contributed by atoms with Crippen LogP contribution in [0.1, 0.15) is 31.4 Å². The number of hydrogen-bond donors (Lipinski definition) is 0. The summed E-state index contributed by atoms with van der Waals surface area (Å²) in [6.45, 7) is 8.86. The highest BCUT2D eigenvalue weighted by molar-refractivity contribution is 5.76. The van der Waals surface area contributed by atoms with Gasteiger partial charge in [0.25, 0.3) is 0 Å². The molecular weight excluding hydrogens is 236 g/mol. The Morgan fingerprint density at radius 1 is 1.21 bits per heavy atom. The molecule has 0 atom stereocenters. The normalized spacial score (nSPS) is 14.6. The van der Waals surface area contributed by atoms with Crippen molar-refractivity contribution in [2.24, 2.45) is 0 Å². The lowest BCUT2D eigenvalue weighted by molar-refractivity contribution is -0.132. The number of amides is 1. The monoisotopic (exact) mass is 260 g/mol. The van der Waals surface area contributed by atoms with Crippen LogP contribution in [0.3, 0.4) is 0 Å². The minimum Gasteiger partial charge on any atom is -0.338 e. The molecule has 1 aromatic rings. The topological polar surface area (TPSA) is 23.6 Å². The van der Waals surface area contributed by atoms with Crippen molar-refractivity contribution in [2.75, 3.05) is 26.2 Å². The molecule has 0 spiro atoms. The van der Waals surface area contributed by atoms with Crippen LogP contribution >= 0.6 is 0 Å². The fourth-order valence-electron chi connectivity index (χ4n) is 2.66. The maximum Gasteiger partial charge on any atom is 0.224 e. The molecule has 1 aliphatic rings. The zero-order valence-corrected chi connectivity index (χ0v) is 12.1. The van der Waals surface area contributed by atoms with E-state index in [4.69, 9.17) is 0 Å². The van der Waals surface area contributed by atoms with Gasteiger partial charge in [-0.2, -0.15) is 0 Å². The first-order valence-electron chi connectivity index (χ1n) is 7.31. The third kappa shape index (κ3) is 3.57. The molecule has 1 amide bonds. The number of fused-ring (bicyclic) bond motifs is 1. The van der Waals surface area contributed by atoms with Crippen molar-refractivity contribution in [1.29, 1.82) is 0 Å². The summed E-state index contributed by atoms with van der Waals surface area (Å²) in [6, 6.07) is 8.45. The number of benzene rings is 1. The van der Waals surface area contributed by atoms with E-state index >= 15 is 0 Å². The van der Waals surface area contributed by atoms with Gasteiger partial charge in [-0.1, -0.05) is 38.1 Å². The fraction of sp³-hybridized carbons (Fsp3) is 0.562. The zero-order chi connectivity index (χ0) is 13.7. The Morgan fingerprint density at radius 2 is 1.89 bits per heavy atom. The van der Waals surface area contributed by atoms with Crippen molar-refractivity contribution in [3.63, 3.8) is 0 Å². The highest BCUT2D eigenvalue weighted by Crippen LogP contribution is 2.18. The van der Waals surface area contributed by atoms with Crippen LogP contribution in [-0.4, -0.2) is 41.9 Å². The Balaban J connectivity index is 1.88. The molecule has 1 aromatic carbocycles. The van der Waals surface area contributed by atoms with Crippen LogP contribution in [0, 0.1) is 0 Å². The SMILES string of the molecule is CCN(CC)CCC(=O)N1CCc2ccccc2C1. The van der Waals surface area contributed by atoms with Crippen LogP contribution in [0.2, 0.25) is 0 Å². The molecule has 3 heteroatoms. The lowest BCUT2D eigenvalue weighted by Crippen LogP contribution is -2.38. The lowest BCUT2D eigenvalue weighted by Gasteiger charge is -2.29. The van der Waals surface area contributed by atoms with E-state index < -0.39 is 0 Å². The Morgan fingerprint density at radius 3 is 2.58 bits per heavy atom. The molecule has 2 rings (SSSR count). The second kappa shape index (κ2) is 6.71. The Hall–Kier alpha value is -1.35. The first-order chi connectivity index (χ1) is 9.24. The van der Waals surface area contributed by atoms with Gasteiger partial charge in [-0.3, -0.25) is 4.79 Å². The van der Waals surface area contributed by atoms with Crippen LogP contribution < -0.4 is 0 Å². The quantitative estimate of drug-likeness (QED) is 0.811. The van der Waals surface area contributed by atoms with Gasteiger partial charge in [0.05, 0.1) is 0 Å². The summed E-state index contributed by atoms with van der Waals surface area (Å²) in [5.74, 6) is 0.293. The second-order valence-corrected chi connectivity index (χ2v) is 5.11. The van der Waals surface area contributed by atoms with E-state index in [2.05, 4.69) is 43.0 Å². The maximum absolute atomic E-state index is 12.2. The molecule has 0 saturated heterocycles. The van der Waals surface area contributed by atoms with E-state index in [1.807, 2.05) is 4.90 Å². The largest absolute Gasteiger partial charge is 0.338 e. The highest BCUT2D eigenvalue weighted by atomic mass is 16.2. The molecule has 0 saturated carbocycles. The smallest absolute Gasteiger partial charge is 0.224 e. The Labute approximate surface area is 116 Å². The molecule has 0 radical (unpaired) electrons. The van der Waals surface area contributed by atoms with Crippen molar-refractivity contribution in [1.82, 2.24) is 9.80 Å². The van der Waals surface area contributed by atoms with Crippen LogP contribution in [-0.2, 0) is 17.8 Å². The Bertz CT molecular complexity index is 427. The average molecular weight is 260 g/mol. The third-order valence-electron chi connectivity index (χ3n) is 4.02. The molecule has 1 heterocycles. The van der Waals surface area contributed by atoms with Crippen LogP contribution in [0.4, 0.5) is 0 Å². The molecule has 0 fully saturated rings. The van der Waals surface area contributed by atoms with Gasteiger partial charge in [-0.15, -0.1) is 0 Å². The average Bonchev–Trinajstić information content (AvgIpc) is 2.47. The van der Waals surface area contributed by atoms with Crippen molar-refractivity contribution in [3.8, 4) is 0 Å². The summed E-state index contributed by atoms with van der Waals surface area (Å²) in [5.41, 5.74) is 2.71. The van der Waals surface area contributed by atoms with Crippen molar-refractivity contribution >= 4 is 5.91 Å². The summed E-state index contributed by atoms with van der Waals surface area (Å²) in [5, 5.41) is 0. The second-order valence-electron chi connectivity index (χ2n) is 5.11. The molecule has 0 aliphatic carbocycles. The predicted molar refractivity (Wildman–Crippen MR) is 78.0 cm³/mol. The van der Waals surface area contributed by atoms with Gasteiger partial charge < -0.3 is 9.80 Å². The summed E-state index contributed by atoms with van der Waals surface area (Å²) >= 11 is 0. The summed E-state index contributed by atoms with van der Waals surface area (Å²) in [7, 11) is 0. The van der Waals surface area contributed by atoms with Crippen LogP contribution in [0.25, 0.3) is 0 Å². The van der Waals surface area contributed by atoms with Gasteiger partial charge in [-0.05, 0) is 30.6 Å². The number of hydrogen-bond acceptors (Lipinski definition) is 2. The van der Waals surface area contributed by atoms with E-state index in [0.717, 1.165) is 39.1 Å². The summed E-state index contributed by atoms with van der Waals surface area (Å²) in [6.07, 6.45) is 1.64. The minimum absolute atomic E-state index is 0.293. The lowest BCUT2D eigenvalue weighted by atomic mass is 10.00. The van der Waals surface area contributed by atoms with E-state index in [-0.39, 0.29) is 0 Å². The van der Waals surface area contributed by atoms with Crippen molar-refractivity contribution in [3.05, 3.63) is 35.4 Å². The van der Waals surface area contributed by atoms with Crippen molar-refractivity contribution in [2.45, 2.75) is 33.2 Å². The first kappa shape index (κ1) is 14.1. The molecule has 0 aromatic heterocycles. The van der Waals surface area contributed by atoms with E-state index in [1.54, 1.807) is 0 Å². The summed E-state index contributed by atoms with van der Waals surface area (Å²) < 4.78 is 0. The summed E-state index contributed by atoms with van der Waals surface area (Å²) in [4.78, 5) is 16.6. The molecular formula is C16H24N2O. The maximum atomic E-state index is 12.2. The molecule has 0 unspecified atom stereocenters. The van der Waals surface area contributed by atoms with Gasteiger partial charge >= 0.3 is 0 Å². The third-order valence-corrected chi connectivity index (χ3v) is 4.02. The molecule has 1 aliphatic heterocycles. The van der Waals surface area contributed by atoms with Crippen LogP contribution in [0.15, 0.2) is 24.3 Å². The number of carbonyl (C=O) groups is 1. The van der Waals surface area contributed by atoms with Crippen molar-refractivity contribution < 1.29 is 4.79 Å². The molecule has 0 N–H and O–H groups in total. The standard InChI is InChI=1S/C16H24N2O/c1-3-17(4-2)11-10-16(19)18-12-9-14-7-5-6-8-15(14)13-18/h5-8H,3-4,9-13H2,1-2H3. The van der Waals surface area contributed by atoms with Gasteiger partial charge in [0.2, 0.25) is 5.91 Å². The van der Waals surface area contributed by atoms with Gasteiger partial charge in [-0.25, -0.2) is 0 Å². The fourth-order valence-corrected chi connectivity index (χ4v) is 2.66. The van der Waals surface area contributed by atoms with Crippen LogP contribution in [0.5, 0.6) is 0 Å². The van der Waals surface area contributed by atoms with E-state index in [0.29, 0.717) is 12.3 Å². The zero-order valence-electron chi connectivity index (χ0n) is 12.1. The highest BCUT2D eigenvalue weighted by Gasteiger charge is 2.20. The van der Waals surface area contributed by atoms with Gasteiger partial charge in [0.15, 0.2) is 0 Å². The molecule has 104 valence electrons. The molecule has 19 heavy (non-hydrogen) atoms. The van der Waals surface area contributed by atoms with E-state index in [1.165, 1.54) is 11.1 Å². The number of nitrogens with zero attached hydrogens (tertiary/aromatic N) is 2. The first-order valence-corrected chi connectivity index (χ1v) is 7.31.